The van der Waals surface area contributed by atoms with Gasteiger partial charge >= 0.3 is 0 Å². The van der Waals surface area contributed by atoms with Crippen molar-refractivity contribution in [2.24, 2.45) is 0 Å². The molecule has 2 fully saturated rings. The highest BCUT2D eigenvalue weighted by atomic mass is 19.1. The van der Waals surface area contributed by atoms with E-state index >= 15 is 0 Å². The molecule has 1 aromatic carbocycles. The Bertz CT molecular complexity index is 362. The van der Waals surface area contributed by atoms with Gasteiger partial charge in [-0.25, -0.2) is 4.39 Å². The summed E-state index contributed by atoms with van der Waals surface area (Å²) < 4.78 is 17.7. The maximum atomic E-state index is 11.9. The maximum Gasteiger partial charge on any atom is 0.123 e. The lowest BCUT2D eigenvalue weighted by molar-refractivity contribution is -0.181. The third-order valence-corrected chi connectivity index (χ3v) is 4.08. The molecule has 2 atom stereocenters. The highest BCUT2D eigenvalue weighted by Gasteiger charge is 2.46. The van der Waals surface area contributed by atoms with Crippen molar-refractivity contribution >= 4 is 0 Å². The first-order valence-corrected chi connectivity index (χ1v) is 7.35. The van der Waals surface area contributed by atoms with Crippen molar-refractivity contribution < 1.29 is 9.13 Å². The first-order valence-electron chi connectivity index (χ1n) is 7.35. The van der Waals surface area contributed by atoms with Gasteiger partial charge in [0.1, 0.15) is 5.82 Å². The highest BCUT2D eigenvalue weighted by molar-refractivity contribution is 5.02. The smallest absolute Gasteiger partial charge is 0.123 e. The summed E-state index contributed by atoms with van der Waals surface area (Å²) in [6.07, 6.45) is 6.62. The van der Waals surface area contributed by atoms with Gasteiger partial charge in [-0.2, -0.15) is 0 Å². The van der Waals surface area contributed by atoms with Crippen LogP contribution in [0.25, 0.3) is 0 Å². The average molecular weight is 265 g/mol. The van der Waals surface area contributed by atoms with E-state index in [1.807, 2.05) is 0 Å². The molecule has 1 spiro atoms. The second kappa shape index (κ2) is 7.01. The summed E-state index contributed by atoms with van der Waals surface area (Å²) in [5.41, 5.74) is 0.258. The molecular weight excluding hydrogens is 241 g/mol. The van der Waals surface area contributed by atoms with Gasteiger partial charge in [-0.05, 0) is 31.5 Å². The Hall–Kier alpha value is -0.930. The number of halogens is 1. The van der Waals surface area contributed by atoms with Crippen LogP contribution in [0.3, 0.4) is 0 Å². The summed E-state index contributed by atoms with van der Waals surface area (Å²) in [7, 11) is 0. The zero-order chi connectivity index (χ0) is 13.6. The van der Waals surface area contributed by atoms with Crippen molar-refractivity contribution in [2.45, 2.75) is 50.7 Å². The van der Waals surface area contributed by atoms with Crippen molar-refractivity contribution in [2.75, 3.05) is 13.2 Å². The fraction of sp³-hybridized carbons (Fsp3) is 0.625. The minimum Gasteiger partial charge on any atom is -0.373 e. The van der Waals surface area contributed by atoms with Crippen LogP contribution in [0, 0.1) is 5.82 Å². The van der Waals surface area contributed by atoms with Gasteiger partial charge in [-0.1, -0.05) is 38.0 Å². The first-order chi connectivity index (χ1) is 9.27. The SMILES string of the molecule is CCNC1CCCCC12CCO2.Fc1ccccc1. The van der Waals surface area contributed by atoms with E-state index in [-0.39, 0.29) is 11.4 Å². The van der Waals surface area contributed by atoms with Crippen LogP contribution in [-0.2, 0) is 4.74 Å². The summed E-state index contributed by atoms with van der Waals surface area (Å²) in [5.74, 6) is -0.178. The Morgan fingerprint density at radius 2 is 2.00 bits per heavy atom. The Balaban J connectivity index is 0.000000163. The lowest BCUT2D eigenvalue weighted by Gasteiger charge is -2.50. The lowest BCUT2D eigenvalue weighted by Crippen LogP contribution is -2.60. The van der Waals surface area contributed by atoms with Gasteiger partial charge in [-0.15, -0.1) is 0 Å². The van der Waals surface area contributed by atoms with E-state index in [9.17, 15) is 4.39 Å². The zero-order valence-corrected chi connectivity index (χ0v) is 11.7. The molecule has 1 heterocycles. The third-order valence-electron chi connectivity index (χ3n) is 4.08. The second-order valence-electron chi connectivity index (χ2n) is 5.31. The van der Waals surface area contributed by atoms with E-state index in [1.165, 1.54) is 44.2 Å². The number of likely N-dealkylation sites (N-methyl/N-ethyl adjacent to an activating group) is 1. The average Bonchev–Trinajstić information content (AvgIpc) is 2.40. The molecule has 2 aliphatic rings. The molecule has 2 unspecified atom stereocenters. The van der Waals surface area contributed by atoms with Gasteiger partial charge in [0.05, 0.1) is 12.2 Å². The molecule has 0 amide bonds. The van der Waals surface area contributed by atoms with Crippen molar-refractivity contribution in [3.05, 3.63) is 36.1 Å². The van der Waals surface area contributed by atoms with E-state index < -0.39 is 0 Å². The van der Waals surface area contributed by atoms with Crippen LogP contribution in [0.2, 0.25) is 0 Å². The minimum atomic E-state index is -0.178. The summed E-state index contributed by atoms with van der Waals surface area (Å²) in [6.45, 7) is 4.25. The Labute approximate surface area is 115 Å². The Kier molecular flexibility index (Phi) is 5.34. The van der Waals surface area contributed by atoms with Crippen LogP contribution < -0.4 is 5.32 Å². The van der Waals surface area contributed by atoms with E-state index in [0.29, 0.717) is 6.04 Å². The van der Waals surface area contributed by atoms with Crippen molar-refractivity contribution in [3.63, 3.8) is 0 Å². The van der Waals surface area contributed by atoms with Gasteiger partial charge in [0.25, 0.3) is 0 Å². The highest BCUT2D eigenvalue weighted by Crippen LogP contribution is 2.40. The summed E-state index contributed by atoms with van der Waals surface area (Å²) >= 11 is 0. The Morgan fingerprint density at radius 3 is 2.47 bits per heavy atom. The summed E-state index contributed by atoms with van der Waals surface area (Å²) in [4.78, 5) is 0. The van der Waals surface area contributed by atoms with Crippen molar-refractivity contribution in [1.29, 1.82) is 0 Å². The van der Waals surface area contributed by atoms with Gasteiger partial charge in [0.15, 0.2) is 0 Å². The van der Waals surface area contributed by atoms with Crippen LogP contribution in [0.15, 0.2) is 30.3 Å². The fourth-order valence-corrected chi connectivity index (χ4v) is 3.00. The van der Waals surface area contributed by atoms with Crippen LogP contribution in [-0.4, -0.2) is 24.8 Å². The molecule has 106 valence electrons. The number of ether oxygens (including phenoxy) is 1. The maximum absolute atomic E-state index is 11.9. The quantitative estimate of drug-likeness (QED) is 0.883. The molecule has 1 aromatic rings. The zero-order valence-electron chi connectivity index (χ0n) is 11.7. The number of hydrogen-bond acceptors (Lipinski definition) is 2. The number of rotatable bonds is 2. The Morgan fingerprint density at radius 1 is 1.26 bits per heavy atom. The molecule has 1 saturated heterocycles. The molecule has 1 aliphatic carbocycles. The second-order valence-corrected chi connectivity index (χ2v) is 5.31. The van der Waals surface area contributed by atoms with E-state index in [2.05, 4.69) is 12.2 Å². The number of nitrogens with one attached hydrogen (secondary N) is 1. The predicted octanol–water partition coefficient (Wildman–Crippen LogP) is 3.52. The van der Waals surface area contributed by atoms with Crippen LogP contribution in [0.1, 0.15) is 39.0 Å². The number of benzene rings is 1. The van der Waals surface area contributed by atoms with Gasteiger partial charge in [0, 0.05) is 12.5 Å². The molecule has 3 rings (SSSR count). The predicted molar refractivity (Wildman–Crippen MR) is 75.6 cm³/mol. The lowest BCUT2D eigenvalue weighted by atomic mass is 9.75. The summed E-state index contributed by atoms with van der Waals surface area (Å²) in [5, 5.41) is 3.55. The van der Waals surface area contributed by atoms with E-state index in [1.54, 1.807) is 18.2 Å². The van der Waals surface area contributed by atoms with Gasteiger partial charge in [-0.3, -0.25) is 0 Å². The topological polar surface area (TPSA) is 21.3 Å². The summed E-state index contributed by atoms with van der Waals surface area (Å²) in [6, 6.07) is 8.58. The molecule has 0 aromatic heterocycles. The third kappa shape index (κ3) is 3.77. The van der Waals surface area contributed by atoms with Gasteiger partial charge in [0.2, 0.25) is 0 Å². The molecule has 1 saturated carbocycles. The molecule has 1 N–H and O–H groups in total. The van der Waals surface area contributed by atoms with Gasteiger partial charge < -0.3 is 10.1 Å². The fourth-order valence-electron chi connectivity index (χ4n) is 3.00. The van der Waals surface area contributed by atoms with Crippen molar-refractivity contribution in [1.82, 2.24) is 5.32 Å². The van der Waals surface area contributed by atoms with Crippen LogP contribution in [0.4, 0.5) is 4.39 Å². The monoisotopic (exact) mass is 265 g/mol. The molecule has 19 heavy (non-hydrogen) atoms. The van der Waals surface area contributed by atoms with E-state index in [0.717, 1.165) is 13.2 Å². The molecule has 0 radical (unpaired) electrons. The normalized spacial score (nSPS) is 29.3. The standard InChI is InChI=1S/C10H19NO.C6H5F/c1-2-11-9-5-3-4-6-10(9)7-8-12-10;7-6-4-2-1-3-5-6/h9,11H,2-8H2,1H3;1-5H. The first kappa shape index (κ1) is 14.5. The molecular formula is C16H24FNO. The van der Waals surface area contributed by atoms with Crippen LogP contribution >= 0.6 is 0 Å². The van der Waals surface area contributed by atoms with Crippen LogP contribution in [0.5, 0.6) is 0 Å². The molecule has 3 heteroatoms. The van der Waals surface area contributed by atoms with Crippen molar-refractivity contribution in [3.8, 4) is 0 Å². The molecule has 2 nitrogen and oxygen atoms in total. The minimum absolute atomic E-state index is 0.178. The molecule has 1 aliphatic heterocycles. The number of hydrogen-bond donors (Lipinski definition) is 1. The van der Waals surface area contributed by atoms with E-state index in [4.69, 9.17) is 4.74 Å². The molecule has 0 bridgehead atoms. The largest absolute Gasteiger partial charge is 0.373 e.